The van der Waals surface area contributed by atoms with Crippen LogP contribution in [-0.4, -0.2) is 0 Å². The summed E-state index contributed by atoms with van der Waals surface area (Å²) in [4.78, 5) is 0. The minimum absolute atomic E-state index is 0.387. The predicted octanol–water partition coefficient (Wildman–Crippen LogP) is 3.40. The Morgan fingerprint density at radius 2 is 1.36 bits per heavy atom. The van der Waals surface area contributed by atoms with Crippen LogP contribution in [0.3, 0.4) is 0 Å². The smallest absolute Gasteiger partial charge is 0.136 e. The van der Waals surface area contributed by atoms with Crippen LogP contribution in [0.1, 0.15) is 0 Å². The molecule has 0 aliphatic rings. The van der Waals surface area contributed by atoms with Crippen molar-refractivity contribution in [3.8, 4) is 0 Å². The first-order valence-corrected chi connectivity index (χ1v) is 3.82. The van der Waals surface area contributed by atoms with Gasteiger partial charge in [0.15, 0.2) is 0 Å². The van der Waals surface area contributed by atoms with Gasteiger partial charge < -0.3 is 0 Å². The van der Waals surface area contributed by atoms with E-state index in [0.717, 1.165) is 18.2 Å². The van der Waals surface area contributed by atoms with Crippen molar-refractivity contribution in [2.75, 3.05) is 0 Å². The number of halogens is 4. The van der Waals surface area contributed by atoms with Crippen LogP contribution in [0.15, 0.2) is 24.3 Å². The van der Waals surface area contributed by atoms with Crippen molar-refractivity contribution in [1.82, 2.24) is 0 Å². The molecule has 0 heterocycles. The van der Waals surface area contributed by atoms with Crippen LogP contribution >= 0.6 is 0 Å². The van der Waals surface area contributed by atoms with Gasteiger partial charge in [0.1, 0.15) is 23.3 Å². The molecule has 0 bridgehead atoms. The van der Waals surface area contributed by atoms with Crippen LogP contribution in [0.4, 0.5) is 17.6 Å². The first-order valence-electron chi connectivity index (χ1n) is 3.82. The molecule has 0 unspecified atom stereocenters. The largest absolute Gasteiger partial charge is 0.207 e. The Hall–Kier alpha value is -1.58. The number of hydrogen-bond acceptors (Lipinski definition) is 0. The zero-order chi connectivity index (χ0) is 10.3. The third kappa shape index (κ3) is 1.23. The van der Waals surface area contributed by atoms with Gasteiger partial charge >= 0.3 is 0 Å². The molecule has 0 radical (unpaired) electrons. The van der Waals surface area contributed by atoms with Gasteiger partial charge in [-0.2, -0.15) is 0 Å². The minimum Gasteiger partial charge on any atom is -0.207 e. The summed E-state index contributed by atoms with van der Waals surface area (Å²) in [6.07, 6.45) is 0. The summed E-state index contributed by atoms with van der Waals surface area (Å²) in [6.45, 7) is 0. The van der Waals surface area contributed by atoms with E-state index < -0.39 is 28.7 Å². The van der Waals surface area contributed by atoms with Crippen LogP contribution in [0.5, 0.6) is 0 Å². The Morgan fingerprint density at radius 3 is 2.07 bits per heavy atom. The monoisotopic (exact) mass is 200 g/mol. The van der Waals surface area contributed by atoms with Crippen LogP contribution in [0.25, 0.3) is 10.8 Å². The van der Waals surface area contributed by atoms with Gasteiger partial charge in [0.25, 0.3) is 0 Å². The van der Waals surface area contributed by atoms with E-state index >= 15 is 0 Å². The third-order valence-corrected chi connectivity index (χ3v) is 1.93. The average molecular weight is 200 g/mol. The molecule has 0 aliphatic carbocycles. The average Bonchev–Trinajstić information content (AvgIpc) is 2.10. The number of benzene rings is 2. The molecule has 0 spiro atoms. The molecule has 2 rings (SSSR count). The second-order valence-corrected chi connectivity index (χ2v) is 2.84. The maximum absolute atomic E-state index is 13.0. The van der Waals surface area contributed by atoms with Crippen molar-refractivity contribution in [1.29, 1.82) is 0 Å². The lowest BCUT2D eigenvalue weighted by molar-refractivity contribution is 0.574. The fourth-order valence-corrected chi connectivity index (χ4v) is 1.32. The lowest BCUT2D eigenvalue weighted by Crippen LogP contribution is -1.90. The normalized spacial score (nSPS) is 10.9. The molecule has 72 valence electrons. The Labute approximate surface area is 76.8 Å². The Kier molecular flexibility index (Phi) is 1.91. The molecule has 0 saturated heterocycles. The number of rotatable bonds is 0. The van der Waals surface area contributed by atoms with Gasteiger partial charge in [-0.3, -0.25) is 0 Å². The highest BCUT2D eigenvalue weighted by molar-refractivity contribution is 5.84. The lowest BCUT2D eigenvalue weighted by atomic mass is 10.1. The van der Waals surface area contributed by atoms with Crippen molar-refractivity contribution < 1.29 is 17.6 Å². The highest BCUT2D eigenvalue weighted by Crippen LogP contribution is 2.24. The Balaban J connectivity index is 3.00. The van der Waals surface area contributed by atoms with Crippen LogP contribution < -0.4 is 0 Å². The fourth-order valence-electron chi connectivity index (χ4n) is 1.32. The Bertz CT molecular complexity index is 505. The summed E-state index contributed by atoms with van der Waals surface area (Å²) in [6, 6.07) is 2.91. The van der Waals surface area contributed by atoms with Crippen molar-refractivity contribution in [2.24, 2.45) is 0 Å². The molecule has 0 aromatic heterocycles. The highest BCUT2D eigenvalue weighted by atomic mass is 19.1. The summed E-state index contributed by atoms with van der Waals surface area (Å²) >= 11 is 0. The topological polar surface area (TPSA) is 0 Å². The highest BCUT2D eigenvalue weighted by Gasteiger charge is 2.11. The summed E-state index contributed by atoms with van der Waals surface area (Å²) in [7, 11) is 0. The molecule has 2 aromatic carbocycles. The van der Waals surface area contributed by atoms with Crippen molar-refractivity contribution in [3.63, 3.8) is 0 Å². The molecule has 0 amide bonds. The van der Waals surface area contributed by atoms with Crippen molar-refractivity contribution >= 4 is 10.8 Å². The lowest BCUT2D eigenvalue weighted by Gasteiger charge is -2.02. The first-order chi connectivity index (χ1) is 6.59. The van der Waals surface area contributed by atoms with Crippen LogP contribution in [-0.2, 0) is 0 Å². The standard InChI is InChI=1S/C10H4F4/c11-5-3-6-7(12)1-2-8(13)10(6)9(14)4-5/h1-4H. The summed E-state index contributed by atoms with van der Waals surface area (Å²) in [5.41, 5.74) is 0. The second-order valence-electron chi connectivity index (χ2n) is 2.84. The van der Waals surface area contributed by atoms with Crippen molar-refractivity contribution in [3.05, 3.63) is 47.5 Å². The van der Waals surface area contributed by atoms with E-state index in [1.165, 1.54) is 0 Å². The SMILES string of the molecule is Fc1cc(F)c2c(F)ccc(F)c2c1. The fraction of sp³-hybridized carbons (Fsp3) is 0. The first kappa shape index (κ1) is 8.99. The van der Waals surface area contributed by atoms with E-state index in [9.17, 15) is 17.6 Å². The van der Waals surface area contributed by atoms with E-state index in [-0.39, 0.29) is 5.39 Å². The predicted molar refractivity (Wildman–Crippen MR) is 43.8 cm³/mol. The van der Waals surface area contributed by atoms with E-state index in [1.807, 2.05) is 0 Å². The number of fused-ring (bicyclic) bond motifs is 1. The van der Waals surface area contributed by atoms with Gasteiger partial charge in [0.2, 0.25) is 0 Å². The molecular weight excluding hydrogens is 196 g/mol. The van der Waals surface area contributed by atoms with Gasteiger partial charge in [0, 0.05) is 11.5 Å². The quantitative estimate of drug-likeness (QED) is 0.572. The summed E-state index contributed by atoms with van der Waals surface area (Å²) in [5.74, 6) is -3.78. The van der Waals surface area contributed by atoms with E-state index in [1.54, 1.807) is 0 Å². The molecule has 0 atom stereocenters. The molecular formula is C10H4F4. The van der Waals surface area contributed by atoms with Gasteiger partial charge in [-0.15, -0.1) is 0 Å². The maximum atomic E-state index is 13.0. The van der Waals surface area contributed by atoms with E-state index in [0.29, 0.717) is 6.07 Å². The molecule has 0 aliphatic heterocycles. The number of hydrogen-bond donors (Lipinski definition) is 0. The van der Waals surface area contributed by atoms with Crippen LogP contribution in [0, 0.1) is 23.3 Å². The molecule has 14 heavy (non-hydrogen) atoms. The molecule has 0 N–H and O–H groups in total. The molecule has 0 fully saturated rings. The maximum Gasteiger partial charge on any atom is 0.136 e. The van der Waals surface area contributed by atoms with Gasteiger partial charge in [0.05, 0.1) is 5.39 Å². The van der Waals surface area contributed by atoms with Gasteiger partial charge in [-0.25, -0.2) is 17.6 Å². The second kappa shape index (κ2) is 2.97. The molecule has 0 nitrogen and oxygen atoms in total. The minimum atomic E-state index is -1.10. The summed E-state index contributed by atoms with van der Waals surface area (Å²) < 4.78 is 51.8. The molecule has 0 saturated carbocycles. The van der Waals surface area contributed by atoms with E-state index in [2.05, 4.69) is 0 Å². The van der Waals surface area contributed by atoms with Crippen LogP contribution in [0.2, 0.25) is 0 Å². The zero-order valence-electron chi connectivity index (χ0n) is 6.82. The Morgan fingerprint density at radius 1 is 0.714 bits per heavy atom. The van der Waals surface area contributed by atoms with Gasteiger partial charge in [-0.05, 0) is 18.2 Å². The summed E-state index contributed by atoms with van der Waals surface area (Å²) in [5, 5.41) is -0.908. The molecule has 4 heteroatoms. The van der Waals surface area contributed by atoms with Gasteiger partial charge in [-0.1, -0.05) is 0 Å². The zero-order valence-corrected chi connectivity index (χ0v) is 6.82. The van der Waals surface area contributed by atoms with Crippen molar-refractivity contribution in [2.45, 2.75) is 0 Å². The molecule has 2 aromatic rings. The third-order valence-electron chi connectivity index (χ3n) is 1.93. The van der Waals surface area contributed by atoms with E-state index in [4.69, 9.17) is 0 Å².